The van der Waals surface area contributed by atoms with E-state index >= 15 is 0 Å². The second kappa shape index (κ2) is 20.3. The average Bonchev–Trinajstić information content (AvgIpc) is 3.00. The van der Waals surface area contributed by atoms with Crippen molar-refractivity contribution in [3.05, 3.63) is 150 Å². The van der Waals surface area contributed by atoms with Crippen molar-refractivity contribution in [2.45, 2.75) is 32.7 Å². The third-order valence-corrected chi connectivity index (χ3v) is 5.63. The summed E-state index contributed by atoms with van der Waals surface area (Å²) >= 11 is 5.87. The first-order valence-corrected chi connectivity index (χ1v) is 14.2. The number of aliphatic hydroxyl groups excluding tert-OH is 2. The molecule has 0 spiro atoms. The second-order valence-corrected chi connectivity index (χ2v) is 9.89. The normalized spacial score (nSPS) is 11.1. The third kappa shape index (κ3) is 16.1. The molecule has 0 radical (unpaired) electrons. The topological polar surface area (TPSA) is 120 Å². The van der Waals surface area contributed by atoms with E-state index in [1.807, 2.05) is 78.9 Å². The van der Waals surface area contributed by atoms with Crippen LogP contribution in [0, 0.1) is 0 Å². The lowest BCUT2D eigenvalue weighted by Crippen LogP contribution is -2.12. The van der Waals surface area contributed by atoms with Gasteiger partial charge < -0.3 is 35.0 Å². The Balaban J connectivity index is 0.000000210. The zero-order chi connectivity index (χ0) is 32.2. The summed E-state index contributed by atoms with van der Waals surface area (Å²) in [5.74, 6) is 1.96. The fourth-order valence-corrected chi connectivity index (χ4v) is 3.63. The Bertz CT molecular complexity index is 1430. The third-order valence-electron chi connectivity index (χ3n) is 5.39. The Morgan fingerprint density at radius 1 is 0.614 bits per heavy atom. The molecular weight excluding hydrogens is 580 g/mol. The largest absolute Gasteiger partial charge is 0.508 e. The number of phenols is 3. The molecule has 0 saturated carbocycles. The summed E-state index contributed by atoms with van der Waals surface area (Å²) in [4.78, 5) is 0. The van der Waals surface area contributed by atoms with Crippen LogP contribution in [0.1, 0.15) is 25.0 Å². The second-order valence-electron chi connectivity index (χ2n) is 9.46. The van der Waals surface area contributed by atoms with Crippen molar-refractivity contribution in [3.8, 4) is 28.7 Å². The van der Waals surface area contributed by atoms with Gasteiger partial charge in [-0.05, 0) is 79.6 Å². The summed E-state index contributed by atoms with van der Waals surface area (Å²) in [5.41, 5.74) is 2.02. The Morgan fingerprint density at radius 2 is 1.14 bits per heavy atom. The molecular formula is C36H39ClO7. The summed E-state index contributed by atoms with van der Waals surface area (Å²) in [6, 6.07) is 39.6. The molecule has 5 N–H and O–H groups in total. The molecule has 7 nitrogen and oxygen atoms in total. The van der Waals surface area contributed by atoms with E-state index in [0.29, 0.717) is 29.5 Å². The van der Waals surface area contributed by atoms with Crippen molar-refractivity contribution in [2.24, 2.45) is 0 Å². The Hall–Kier alpha value is -4.69. The molecule has 2 atom stereocenters. The van der Waals surface area contributed by atoms with E-state index in [1.165, 1.54) is 18.2 Å². The van der Waals surface area contributed by atoms with E-state index in [4.69, 9.17) is 41.5 Å². The monoisotopic (exact) mass is 618 g/mol. The number of ether oxygens (including phenoxy) is 2. The minimum atomic E-state index is -0.734. The Labute approximate surface area is 263 Å². The van der Waals surface area contributed by atoms with Crippen LogP contribution in [0.4, 0.5) is 0 Å². The maximum atomic E-state index is 9.64. The lowest BCUT2D eigenvalue weighted by molar-refractivity contribution is -0.000293. The van der Waals surface area contributed by atoms with E-state index in [0.717, 1.165) is 16.9 Å². The van der Waals surface area contributed by atoms with Crippen LogP contribution in [-0.2, 0) is 6.42 Å². The van der Waals surface area contributed by atoms with Gasteiger partial charge in [0.05, 0.1) is 6.10 Å². The van der Waals surface area contributed by atoms with Crippen LogP contribution in [-0.4, -0.2) is 44.5 Å². The van der Waals surface area contributed by atoms with E-state index in [-0.39, 0.29) is 11.5 Å². The van der Waals surface area contributed by atoms with Gasteiger partial charge in [-0.1, -0.05) is 84.4 Å². The van der Waals surface area contributed by atoms with Gasteiger partial charge in [-0.25, -0.2) is 0 Å². The Morgan fingerprint density at radius 3 is 1.61 bits per heavy atom. The van der Waals surface area contributed by atoms with Crippen LogP contribution in [0.2, 0.25) is 5.02 Å². The molecule has 0 fully saturated rings. The number of para-hydroxylation sites is 2. The SMILES string of the molecule is CC(O)COc1ccccc1.CC(O)Oc1ccccc1.Oc1ccc(Cl)cc1Cc1ccccc1.Oc1cccc(O)c1. The molecule has 0 aliphatic rings. The lowest BCUT2D eigenvalue weighted by atomic mass is 10.0. The number of rotatable bonds is 7. The van der Waals surface area contributed by atoms with Gasteiger partial charge in [0.15, 0.2) is 6.29 Å². The lowest BCUT2D eigenvalue weighted by Gasteiger charge is -2.06. The number of aromatic hydroxyl groups is 3. The molecule has 232 valence electrons. The van der Waals surface area contributed by atoms with Crippen molar-refractivity contribution < 1.29 is 35.0 Å². The molecule has 0 aromatic heterocycles. The van der Waals surface area contributed by atoms with E-state index in [2.05, 4.69) is 0 Å². The molecule has 0 saturated heterocycles. The predicted molar refractivity (Wildman–Crippen MR) is 175 cm³/mol. The number of hydrogen-bond donors (Lipinski definition) is 5. The molecule has 44 heavy (non-hydrogen) atoms. The minimum absolute atomic E-state index is 0.0880. The van der Waals surface area contributed by atoms with Gasteiger partial charge >= 0.3 is 0 Å². The fourth-order valence-electron chi connectivity index (χ4n) is 3.43. The summed E-state index contributed by atoms with van der Waals surface area (Å²) in [6.07, 6.45) is -0.439. The van der Waals surface area contributed by atoms with Crippen LogP contribution >= 0.6 is 11.6 Å². The van der Waals surface area contributed by atoms with Crippen molar-refractivity contribution in [1.82, 2.24) is 0 Å². The number of hydrogen-bond acceptors (Lipinski definition) is 7. The number of benzene rings is 5. The highest BCUT2D eigenvalue weighted by Gasteiger charge is 2.03. The van der Waals surface area contributed by atoms with Crippen LogP contribution < -0.4 is 9.47 Å². The van der Waals surface area contributed by atoms with Gasteiger partial charge in [0.25, 0.3) is 0 Å². The predicted octanol–water partition coefficient (Wildman–Crippen LogP) is 7.58. The zero-order valence-corrected chi connectivity index (χ0v) is 25.5. The molecule has 0 aliphatic heterocycles. The quantitative estimate of drug-likeness (QED) is 0.119. The van der Waals surface area contributed by atoms with Crippen molar-refractivity contribution in [2.75, 3.05) is 6.61 Å². The standard InChI is InChI=1S/C13H11ClO.C9H12O2.C8H10O2.C6H6O2/c14-12-6-7-13(15)11(9-12)8-10-4-2-1-3-5-10;1-8(10)7-11-9-5-3-2-4-6-9;1-7(9)10-8-5-3-2-4-6-8;7-5-2-1-3-6(8)4-5/h1-7,9,15H,8H2;2-6,8,10H,7H2,1H3;2-7,9H,1H3;1-4,7-8H. The first-order chi connectivity index (χ1) is 21.1. The number of phenolic OH excluding ortho intramolecular Hbond substituents is 3. The maximum Gasteiger partial charge on any atom is 0.194 e. The van der Waals surface area contributed by atoms with Crippen LogP contribution in [0.5, 0.6) is 28.7 Å². The van der Waals surface area contributed by atoms with Gasteiger partial charge in [0, 0.05) is 17.5 Å². The number of halogens is 1. The smallest absolute Gasteiger partial charge is 0.194 e. The van der Waals surface area contributed by atoms with Crippen molar-refractivity contribution in [3.63, 3.8) is 0 Å². The highest BCUT2D eigenvalue weighted by Crippen LogP contribution is 2.24. The van der Waals surface area contributed by atoms with Crippen molar-refractivity contribution >= 4 is 11.6 Å². The molecule has 8 heteroatoms. The van der Waals surface area contributed by atoms with Crippen LogP contribution in [0.3, 0.4) is 0 Å². The molecule has 5 aromatic rings. The summed E-state index contributed by atoms with van der Waals surface area (Å²) in [5, 5.41) is 45.3. The maximum absolute atomic E-state index is 9.64. The zero-order valence-electron chi connectivity index (χ0n) is 24.7. The van der Waals surface area contributed by atoms with Gasteiger partial charge in [-0.2, -0.15) is 0 Å². The highest BCUT2D eigenvalue weighted by molar-refractivity contribution is 6.30. The Kier molecular flexibility index (Phi) is 16.3. The average molecular weight is 619 g/mol. The van der Waals surface area contributed by atoms with Crippen LogP contribution in [0.25, 0.3) is 0 Å². The molecule has 0 bridgehead atoms. The van der Waals surface area contributed by atoms with E-state index in [1.54, 1.807) is 50.2 Å². The van der Waals surface area contributed by atoms with Gasteiger partial charge in [-0.3, -0.25) is 0 Å². The summed E-state index contributed by atoms with van der Waals surface area (Å²) in [7, 11) is 0. The fraction of sp³-hybridized carbons (Fsp3) is 0.167. The van der Waals surface area contributed by atoms with Crippen molar-refractivity contribution in [1.29, 1.82) is 0 Å². The van der Waals surface area contributed by atoms with E-state index in [9.17, 15) is 5.11 Å². The molecule has 0 heterocycles. The molecule has 2 unspecified atom stereocenters. The molecule has 0 aliphatic carbocycles. The summed E-state index contributed by atoms with van der Waals surface area (Å²) in [6.45, 7) is 3.62. The van der Waals surface area contributed by atoms with Gasteiger partial charge in [0.2, 0.25) is 0 Å². The molecule has 0 amide bonds. The first-order valence-electron chi connectivity index (χ1n) is 13.9. The van der Waals surface area contributed by atoms with E-state index < -0.39 is 12.4 Å². The summed E-state index contributed by atoms with van der Waals surface area (Å²) < 4.78 is 10.2. The number of aliphatic hydroxyl groups is 2. The minimum Gasteiger partial charge on any atom is -0.508 e. The molecule has 5 rings (SSSR count). The van der Waals surface area contributed by atoms with Gasteiger partial charge in [0.1, 0.15) is 35.4 Å². The highest BCUT2D eigenvalue weighted by atomic mass is 35.5. The molecule has 5 aromatic carbocycles. The first kappa shape index (κ1) is 35.5. The van der Waals surface area contributed by atoms with Crippen LogP contribution in [0.15, 0.2) is 133 Å². The van der Waals surface area contributed by atoms with Gasteiger partial charge in [-0.15, -0.1) is 0 Å².